The Morgan fingerprint density at radius 1 is 1.04 bits per heavy atom. The van der Waals surface area contributed by atoms with Crippen molar-refractivity contribution in [2.75, 3.05) is 44.2 Å². The van der Waals surface area contributed by atoms with E-state index >= 15 is 0 Å². The van der Waals surface area contributed by atoms with Gasteiger partial charge in [0.2, 0.25) is 5.91 Å². The van der Waals surface area contributed by atoms with Crippen molar-refractivity contribution < 1.29 is 18.7 Å². The topological polar surface area (TPSA) is 61.9 Å². The van der Waals surface area contributed by atoms with Gasteiger partial charge < -0.3 is 19.9 Å². The van der Waals surface area contributed by atoms with Crippen LogP contribution in [0.5, 0.6) is 5.75 Å². The number of ether oxygens (including phenoxy) is 1. The van der Waals surface area contributed by atoms with E-state index in [-0.39, 0.29) is 24.2 Å². The number of amides is 2. The Labute approximate surface area is 163 Å². The molecule has 0 unspecified atom stereocenters. The maximum atomic E-state index is 13.0. The highest BCUT2D eigenvalue weighted by molar-refractivity contribution is 5.98. The molecule has 7 heteroatoms. The molecule has 2 amide bonds. The molecule has 0 atom stereocenters. The Morgan fingerprint density at radius 3 is 2.39 bits per heavy atom. The zero-order chi connectivity index (χ0) is 19.9. The molecule has 0 aromatic heterocycles. The largest absolute Gasteiger partial charge is 0.493 e. The fraction of sp³-hybridized carbons (Fsp3) is 0.333. The summed E-state index contributed by atoms with van der Waals surface area (Å²) in [4.78, 5) is 28.7. The van der Waals surface area contributed by atoms with Crippen LogP contribution in [0.2, 0.25) is 0 Å². The van der Waals surface area contributed by atoms with E-state index in [0.29, 0.717) is 44.1 Å². The van der Waals surface area contributed by atoms with Gasteiger partial charge in [-0.15, -0.1) is 0 Å². The first-order chi connectivity index (χ1) is 13.6. The van der Waals surface area contributed by atoms with Gasteiger partial charge in [-0.1, -0.05) is 12.1 Å². The normalized spacial score (nSPS) is 13.9. The van der Waals surface area contributed by atoms with Crippen LogP contribution in [0.15, 0.2) is 48.5 Å². The highest BCUT2D eigenvalue weighted by atomic mass is 19.1. The third-order valence-electron chi connectivity index (χ3n) is 4.66. The predicted octanol–water partition coefficient (Wildman–Crippen LogP) is 2.30. The number of para-hydroxylation sites is 1. The number of nitrogens with zero attached hydrogens (tertiary/aromatic N) is 2. The molecular weight excluding hydrogens is 361 g/mol. The minimum absolute atomic E-state index is 0.0597. The van der Waals surface area contributed by atoms with Gasteiger partial charge in [-0.05, 0) is 43.3 Å². The van der Waals surface area contributed by atoms with Crippen molar-refractivity contribution in [1.82, 2.24) is 10.2 Å². The molecule has 28 heavy (non-hydrogen) atoms. The number of carbonyl (C=O) groups is 2. The molecule has 1 aliphatic rings. The second-order valence-corrected chi connectivity index (χ2v) is 6.46. The lowest BCUT2D eigenvalue weighted by molar-refractivity contribution is -0.130. The molecule has 1 heterocycles. The number of anilines is 1. The van der Waals surface area contributed by atoms with E-state index < -0.39 is 0 Å². The molecule has 0 saturated carbocycles. The Balaban J connectivity index is 1.49. The fourth-order valence-corrected chi connectivity index (χ4v) is 3.16. The standard InChI is InChI=1S/C21H24FN3O3/c1-2-28-19-6-4-3-5-18(19)21(27)23-15-20(26)25-13-11-24(12-14-25)17-9-7-16(22)8-10-17/h3-10H,2,11-15H2,1H3,(H,23,27). The molecule has 0 radical (unpaired) electrons. The lowest BCUT2D eigenvalue weighted by atomic mass is 10.2. The van der Waals surface area contributed by atoms with Crippen molar-refractivity contribution in [2.24, 2.45) is 0 Å². The molecule has 0 aliphatic carbocycles. The minimum Gasteiger partial charge on any atom is -0.493 e. The fourth-order valence-electron chi connectivity index (χ4n) is 3.16. The summed E-state index contributed by atoms with van der Waals surface area (Å²) < 4.78 is 18.5. The summed E-state index contributed by atoms with van der Waals surface area (Å²) in [5.41, 5.74) is 1.35. The van der Waals surface area contributed by atoms with Crippen molar-refractivity contribution in [2.45, 2.75) is 6.92 Å². The molecule has 0 bridgehead atoms. The Hall–Kier alpha value is -3.09. The van der Waals surface area contributed by atoms with Crippen LogP contribution >= 0.6 is 0 Å². The van der Waals surface area contributed by atoms with E-state index in [4.69, 9.17) is 4.74 Å². The number of halogens is 1. The molecule has 3 rings (SSSR count). The molecule has 1 fully saturated rings. The van der Waals surface area contributed by atoms with E-state index in [1.165, 1.54) is 12.1 Å². The summed E-state index contributed by atoms with van der Waals surface area (Å²) in [5.74, 6) is -0.217. The van der Waals surface area contributed by atoms with E-state index in [2.05, 4.69) is 10.2 Å². The third kappa shape index (κ3) is 4.79. The Morgan fingerprint density at radius 2 is 1.71 bits per heavy atom. The highest BCUT2D eigenvalue weighted by Crippen LogP contribution is 2.18. The second kappa shape index (κ2) is 9.21. The molecule has 2 aromatic rings. The Bertz CT molecular complexity index is 818. The van der Waals surface area contributed by atoms with Crippen LogP contribution in [-0.2, 0) is 4.79 Å². The summed E-state index contributed by atoms with van der Waals surface area (Å²) in [5, 5.41) is 2.68. The maximum absolute atomic E-state index is 13.0. The summed E-state index contributed by atoms with van der Waals surface area (Å²) in [6.45, 7) is 4.70. The van der Waals surface area contributed by atoms with E-state index in [9.17, 15) is 14.0 Å². The van der Waals surface area contributed by atoms with E-state index in [1.54, 1.807) is 41.3 Å². The summed E-state index contributed by atoms with van der Waals surface area (Å²) >= 11 is 0. The van der Waals surface area contributed by atoms with Gasteiger partial charge in [0.25, 0.3) is 5.91 Å². The van der Waals surface area contributed by atoms with Gasteiger partial charge in [0.15, 0.2) is 0 Å². The van der Waals surface area contributed by atoms with Crippen molar-refractivity contribution in [3.63, 3.8) is 0 Å². The molecular formula is C21H24FN3O3. The molecule has 0 spiro atoms. The monoisotopic (exact) mass is 385 g/mol. The number of rotatable bonds is 6. The summed E-state index contributed by atoms with van der Waals surface area (Å²) in [6.07, 6.45) is 0. The van der Waals surface area contributed by atoms with Crippen LogP contribution in [0.3, 0.4) is 0 Å². The van der Waals surface area contributed by atoms with Crippen LogP contribution in [0, 0.1) is 5.82 Å². The molecule has 1 N–H and O–H groups in total. The predicted molar refractivity (Wildman–Crippen MR) is 105 cm³/mol. The van der Waals surface area contributed by atoms with Crippen molar-refractivity contribution in [3.05, 3.63) is 59.9 Å². The second-order valence-electron chi connectivity index (χ2n) is 6.46. The number of carbonyl (C=O) groups excluding carboxylic acids is 2. The summed E-state index contributed by atoms with van der Waals surface area (Å²) in [7, 11) is 0. The SMILES string of the molecule is CCOc1ccccc1C(=O)NCC(=O)N1CCN(c2ccc(F)cc2)CC1. The first-order valence-corrected chi connectivity index (χ1v) is 9.37. The van der Waals surface area contributed by atoms with Gasteiger partial charge in [0.1, 0.15) is 11.6 Å². The number of hydrogen-bond donors (Lipinski definition) is 1. The summed E-state index contributed by atoms with van der Waals surface area (Å²) in [6, 6.07) is 13.3. The zero-order valence-electron chi connectivity index (χ0n) is 15.9. The number of benzene rings is 2. The van der Waals surface area contributed by atoms with Crippen molar-refractivity contribution in [1.29, 1.82) is 0 Å². The lowest BCUT2D eigenvalue weighted by Gasteiger charge is -2.36. The van der Waals surface area contributed by atoms with Gasteiger partial charge in [-0.3, -0.25) is 9.59 Å². The first kappa shape index (κ1) is 19.7. The van der Waals surface area contributed by atoms with Crippen LogP contribution in [-0.4, -0.2) is 56.0 Å². The smallest absolute Gasteiger partial charge is 0.255 e. The van der Waals surface area contributed by atoms with Crippen LogP contribution in [0.25, 0.3) is 0 Å². The van der Waals surface area contributed by atoms with Gasteiger partial charge >= 0.3 is 0 Å². The number of piperazine rings is 1. The van der Waals surface area contributed by atoms with Gasteiger partial charge in [0.05, 0.1) is 18.7 Å². The van der Waals surface area contributed by atoms with Crippen molar-refractivity contribution >= 4 is 17.5 Å². The lowest BCUT2D eigenvalue weighted by Crippen LogP contribution is -2.51. The number of hydrogen-bond acceptors (Lipinski definition) is 4. The van der Waals surface area contributed by atoms with Gasteiger partial charge in [-0.2, -0.15) is 0 Å². The van der Waals surface area contributed by atoms with E-state index in [1.807, 2.05) is 6.92 Å². The molecule has 1 saturated heterocycles. The van der Waals surface area contributed by atoms with Crippen LogP contribution < -0.4 is 15.0 Å². The van der Waals surface area contributed by atoms with Crippen molar-refractivity contribution in [3.8, 4) is 5.75 Å². The first-order valence-electron chi connectivity index (χ1n) is 9.37. The molecule has 2 aromatic carbocycles. The zero-order valence-corrected chi connectivity index (χ0v) is 15.9. The third-order valence-corrected chi connectivity index (χ3v) is 4.66. The van der Waals surface area contributed by atoms with E-state index in [0.717, 1.165) is 5.69 Å². The molecule has 6 nitrogen and oxygen atoms in total. The average Bonchev–Trinajstić information content (AvgIpc) is 2.73. The number of nitrogens with one attached hydrogen (secondary N) is 1. The minimum atomic E-state index is -0.331. The van der Waals surface area contributed by atoms with Crippen LogP contribution in [0.1, 0.15) is 17.3 Å². The Kier molecular flexibility index (Phi) is 6.47. The maximum Gasteiger partial charge on any atom is 0.255 e. The van der Waals surface area contributed by atoms with Gasteiger partial charge in [-0.25, -0.2) is 4.39 Å². The van der Waals surface area contributed by atoms with Gasteiger partial charge in [0, 0.05) is 31.9 Å². The average molecular weight is 385 g/mol. The van der Waals surface area contributed by atoms with Crippen LogP contribution in [0.4, 0.5) is 10.1 Å². The molecule has 1 aliphatic heterocycles. The molecule has 148 valence electrons. The highest BCUT2D eigenvalue weighted by Gasteiger charge is 2.22. The quantitative estimate of drug-likeness (QED) is 0.829.